The van der Waals surface area contributed by atoms with Crippen LogP contribution < -0.4 is 5.32 Å². The summed E-state index contributed by atoms with van der Waals surface area (Å²) in [5.41, 5.74) is 0. The number of halogens is 1. The molecule has 0 bridgehead atoms. The van der Waals surface area contributed by atoms with Gasteiger partial charge < -0.3 is 15.0 Å². The highest BCUT2D eigenvalue weighted by Crippen LogP contribution is 2.05. The van der Waals surface area contributed by atoms with Crippen LogP contribution in [0.15, 0.2) is 0 Å². The van der Waals surface area contributed by atoms with E-state index in [-0.39, 0.29) is 18.3 Å². The van der Waals surface area contributed by atoms with E-state index < -0.39 is 0 Å². The van der Waals surface area contributed by atoms with Crippen LogP contribution in [0.2, 0.25) is 0 Å². The molecule has 1 aliphatic rings. The van der Waals surface area contributed by atoms with E-state index in [1.807, 2.05) is 4.90 Å². The average Bonchev–Trinajstić information content (AvgIpc) is 2.24. The summed E-state index contributed by atoms with van der Waals surface area (Å²) in [6, 6.07) is 0.311. The molecule has 1 aliphatic heterocycles. The lowest BCUT2D eigenvalue weighted by atomic mass is 10.2. The third-order valence-corrected chi connectivity index (χ3v) is 2.73. The van der Waals surface area contributed by atoms with Crippen LogP contribution in [0.3, 0.4) is 0 Å². The maximum absolute atomic E-state index is 11.9. The Morgan fingerprint density at radius 1 is 1.53 bits per heavy atom. The van der Waals surface area contributed by atoms with Crippen LogP contribution in [0.1, 0.15) is 27.2 Å². The Morgan fingerprint density at radius 2 is 2.24 bits per heavy atom. The largest absolute Gasteiger partial charge is 0.381 e. The van der Waals surface area contributed by atoms with Gasteiger partial charge in [0, 0.05) is 32.3 Å². The lowest BCUT2D eigenvalue weighted by Crippen LogP contribution is -2.52. The molecule has 0 aromatic heterocycles. The number of carbonyl (C=O) groups is 1. The SMILES string of the molecule is CC(C)COCCC(=O)N1CCNC[C@H]1C.Cl. The predicted octanol–water partition coefficient (Wildman–Crippen LogP) is 1.29. The van der Waals surface area contributed by atoms with Crippen LogP contribution in [-0.2, 0) is 9.53 Å². The third kappa shape index (κ3) is 6.24. The first-order valence-corrected chi connectivity index (χ1v) is 6.19. The molecule has 0 aromatic rings. The number of amides is 1. The van der Waals surface area contributed by atoms with Gasteiger partial charge in [-0.25, -0.2) is 0 Å². The standard InChI is InChI=1S/C12H24N2O2.ClH/c1-10(2)9-16-7-4-12(15)14-6-5-13-8-11(14)3;/h10-11,13H,4-9H2,1-3H3;1H/t11-;/m1./s1. The van der Waals surface area contributed by atoms with Crippen molar-refractivity contribution in [3.63, 3.8) is 0 Å². The Kier molecular flexibility index (Phi) is 8.56. The van der Waals surface area contributed by atoms with Crippen LogP contribution in [0.25, 0.3) is 0 Å². The minimum atomic E-state index is 0. The molecule has 1 saturated heterocycles. The fourth-order valence-electron chi connectivity index (χ4n) is 1.83. The lowest BCUT2D eigenvalue weighted by Gasteiger charge is -2.34. The summed E-state index contributed by atoms with van der Waals surface area (Å²) in [6.45, 7) is 10.2. The topological polar surface area (TPSA) is 41.6 Å². The van der Waals surface area contributed by atoms with Crippen molar-refractivity contribution < 1.29 is 9.53 Å². The molecule has 0 unspecified atom stereocenters. The second-order valence-corrected chi connectivity index (χ2v) is 4.86. The van der Waals surface area contributed by atoms with Gasteiger partial charge in [-0.15, -0.1) is 12.4 Å². The Morgan fingerprint density at radius 3 is 2.82 bits per heavy atom. The second-order valence-electron chi connectivity index (χ2n) is 4.86. The summed E-state index contributed by atoms with van der Waals surface area (Å²) in [5.74, 6) is 0.756. The number of hydrogen-bond acceptors (Lipinski definition) is 3. The molecule has 0 spiro atoms. The number of ether oxygens (including phenoxy) is 1. The van der Waals surface area contributed by atoms with E-state index in [1.165, 1.54) is 0 Å². The third-order valence-electron chi connectivity index (χ3n) is 2.73. The van der Waals surface area contributed by atoms with Gasteiger partial charge in [0.15, 0.2) is 0 Å². The van der Waals surface area contributed by atoms with Crippen molar-refractivity contribution in [1.29, 1.82) is 0 Å². The molecule has 0 aromatic carbocycles. The van der Waals surface area contributed by atoms with E-state index in [2.05, 4.69) is 26.1 Å². The van der Waals surface area contributed by atoms with Crippen molar-refractivity contribution >= 4 is 18.3 Å². The fraction of sp³-hybridized carbons (Fsp3) is 0.917. The molecule has 0 saturated carbocycles. The molecule has 17 heavy (non-hydrogen) atoms. The number of nitrogens with zero attached hydrogens (tertiary/aromatic N) is 1. The molecule has 1 fully saturated rings. The normalized spacial score (nSPS) is 20.2. The van der Waals surface area contributed by atoms with Gasteiger partial charge in [-0.3, -0.25) is 4.79 Å². The van der Waals surface area contributed by atoms with Gasteiger partial charge in [0.25, 0.3) is 0 Å². The Labute approximate surface area is 110 Å². The minimum Gasteiger partial charge on any atom is -0.381 e. The van der Waals surface area contributed by atoms with Gasteiger partial charge in [-0.1, -0.05) is 13.8 Å². The first-order chi connectivity index (χ1) is 7.61. The second kappa shape index (κ2) is 8.72. The predicted molar refractivity (Wildman–Crippen MR) is 71.6 cm³/mol. The molecule has 102 valence electrons. The van der Waals surface area contributed by atoms with Crippen molar-refractivity contribution in [3.8, 4) is 0 Å². The molecule has 0 aliphatic carbocycles. The first-order valence-electron chi connectivity index (χ1n) is 6.19. The quantitative estimate of drug-likeness (QED) is 0.761. The Hall–Kier alpha value is -0.320. The van der Waals surface area contributed by atoms with E-state index in [0.29, 0.717) is 25.0 Å². The van der Waals surface area contributed by atoms with Crippen LogP contribution in [0.5, 0.6) is 0 Å². The van der Waals surface area contributed by atoms with E-state index >= 15 is 0 Å². The van der Waals surface area contributed by atoms with Gasteiger partial charge in [0.2, 0.25) is 5.91 Å². The zero-order chi connectivity index (χ0) is 12.0. The molecule has 1 N–H and O–H groups in total. The van der Waals surface area contributed by atoms with Crippen molar-refractivity contribution in [1.82, 2.24) is 10.2 Å². The summed E-state index contributed by atoms with van der Waals surface area (Å²) in [6.07, 6.45) is 0.511. The summed E-state index contributed by atoms with van der Waals surface area (Å²) in [5, 5.41) is 3.28. The van der Waals surface area contributed by atoms with E-state index in [0.717, 1.165) is 26.2 Å². The number of rotatable bonds is 5. The van der Waals surface area contributed by atoms with E-state index in [1.54, 1.807) is 0 Å². The molecule has 4 nitrogen and oxygen atoms in total. The fourth-order valence-corrected chi connectivity index (χ4v) is 1.83. The highest BCUT2D eigenvalue weighted by molar-refractivity contribution is 5.85. The van der Waals surface area contributed by atoms with E-state index in [4.69, 9.17) is 4.74 Å². The van der Waals surface area contributed by atoms with Crippen LogP contribution >= 0.6 is 12.4 Å². The zero-order valence-electron chi connectivity index (χ0n) is 11.1. The van der Waals surface area contributed by atoms with Crippen molar-refractivity contribution in [2.45, 2.75) is 33.2 Å². The highest BCUT2D eigenvalue weighted by Gasteiger charge is 2.22. The molecule has 1 heterocycles. The van der Waals surface area contributed by atoms with Gasteiger partial charge in [-0.05, 0) is 12.8 Å². The molecule has 1 amide bonds. The van der Waals surface area contributed by atoms with E-state index in [9.17, 15) is 4.79 Å². The van der Waals surface area contributed by atoms with Crippen molar-refractivity contribution in [3.05, 3.63) is 0 Å². The average molecular weight is 265 g/mol. The number of piperazine rings is 1. The number of hydrogen-bond donors (Lipinski definition) is 1. The molecule has 1 atom stereocenters. The molecular weight excluding hydrogens is 240 g/mol. The zero-order valence-corrected chi connectivity index (χ0v) is 11.9. The minimum absolute atomic E-state index is 0. The molecular formula is C12H25ClN2O2. The lowest BCUT2D eigenvalue weighted by molar-refractivity contribution is -0.135. The summed E-state index contributed by atoms with van der Waals surface area (Å²) in [4.78, 5) is 13.8. The maximum atomic E-state index is 11.9. The highest BCUT2D eigenvalue weighted by atomic mass is 35.5. The monoisotopic (exact) mass is 264 g/mol. The molecule has 5 heteroatoms. The van der Waals surface area contributed by atoms with Crippen LogP contribution in [0.4, 0.5) is 0 Å². The Balaban J connectivity index is 0.00000256. The molecule has 1 rings (SSSR count). The molecule has 0 radical (unpaired) electrons. The summed E-state index contributed by atoms with van der Waals surface area (Å²) >= 11 is 0. The smallest absolute Gasteiger partial charge is 0.225 e. The van der Waals surface area contributed by atoms with Gasteiger partial charge in [0.05, 0.1) is 13.0 Å². The van der Waals surface area contributed by atoms with Gasteiger partial charge in [-0.2, -0.15) is 0 Å². The summed E-state index contributed by atoms with van der Waals surface area (Å²) < 4.78 is 5.43. The van der Waals surface area contributed by atoms with Crippen molar-refractivity contribution in [2.24, 2.45) is 5.92 Å². The number of carbonyl (C=O) groups excluding carboxylic acids is 1. The first kappa shape index (κ1) is 16.7. The summed E-state index contributed by atoms with van der Waals surface area (Å²) in [7, 11) is 0. The van der Waals surface area contributed by atoms with Gasteiger partial charge >= 0.3 is 0 Å². The van der Waals surface area contributed by atoms with Crippen LogP contribution in [-0.4, -0.2) is 49.7 Å². The van der Waals surface area contributed by atoms with Crippen molar-refractivity contribution in [2.75, 3.05) is 32.8 Å². The van der Waals surface area contributed by atoms with Gasteiger partial charge in [0.1, 0.15) is 0 Å². The number of nitrogens with one attached hydrogen (secondary N) is 1. The van der Waals surface area contributed by atoms with Crippen LogP contribution in [0, 0.1) is 5.92 Å². The Bertz CT molecular complexity index is 225. The maximum Gasteiger partial charge on any atom is 0.225 e.